The van der Waals surface area contributed by atoms with E-state index >= 15 is 0 Å². The largest absolute Gasteiger partial charge is 0.456 e. The number of nitrogens with zero attached hydrogens (tertiary/aromatic N) is 2. The maximum absolute atomic E-state index is 12.3. The Kier molecular flexibility index (Phi) is 2.50. The smallest absolute Gasteiger partial charge is 0.293 e. The number of halogens is 3. The molecular formula is C9H7F3N4O. The molecule has 0 saturated carbocycles. The first-order valence-corrected chi connectivity index (χ1v) is 4.50. The molecule has 5 nitrogen and oxygen atoms in total. The minimum absolute atomic E-state index is 0.0341. The van der Waals surface area contributed by atoms with E-state index in [0.717, 1.165) is 0 Å². The predicted octanol–water partition coefficient (Wildman–Crippen LogP) is 1.36. The van der Waals surface area contributed by atoms with Crippen LogP contribution >= 0.6 is 0 Å². The Morgan fingerprint density at radius 1 is 1.41 bits per heavy atom. The number of nitrogens with two attached hydrogens (primary N) is 1. The first kappa shape index (κ1) is 11.4. The molecule has 90 valence electrons. The summed E-state index contributed by atoms with van der Waals surface area (Å²) < 4.78 is 38.2. The average molecular weight is 244 g/mol. The number of hydrazine groups is 1. The van der Waals surface area contributed by atoms with Crippen molar-refractivity contribution in [2.24, 2.45) is 5.84 Å². The predicted molar refractivity (Wildman–Crippen MR) is 53.4 cm³/mol. The van der Waals surface area contributed by atoms with Crippen molar-refractivity contribution in [3.05, 3.63) is 30.1 Å². The molecule has 0 amide bonds. The molecule has 0 aliphatic rings. The first-order valence-electron chi connectivity index (χ1n) is 4.50. The van der Waals surface area contributed by atoms with Crippen molar-refractivity contribution < 1.29 is 18.0 Å². The summed E-state index contributed by atoms with van der Waals surface area (Å²) in [4.78, 5) is 14.7. The Bertz CT molecular complexity index is 575. The zero-order chi connectivity index (χ0) is 12.6. The number of pyridine rings is 1. The van der Waals surface area contributed by atoms with Crippen LogP contribution in [0.2, 0.25) is 0 Å². The van der Waals surface area contributed by atoms with E-state index in [9.17, 15) is 18.0 Å². The highest BCUT2D eigenvalue weighted by atomic mass is 19.4. The van der Waals surface area contributed by atoms with Crippen LogP contribution in [-0.2, 0) is 0 Å². The molecule has 2 rings (SSSR count). The number of Topliss-reactive ketones (excluding diaryl/α,β-unsaturated/α-hetero) is 1. The number of hydrogen-bond donors (Lipinski definition) is 2. The number of alkyl halides is 3. The van der Waals surface area contributed by atoms with Crippen LogP contribution in [0, 0.1) is 0 Å². The zero-order valence-electron chi connectivity index (χ0n) is 8.32. The van der Waals surface area contributed by atoms with E-state index in [-0.39, 0.29) is 11.5 Å². The van der Waals surface area contributed by atoms with Crippen LogP contribution in [0.25, 0.3) is 5.52 Å². The van der Waals surface area contributed by atoms with E-state index in [4.69, 9.17) is 5.84 Å². The number of carbonyl (C=O) groups excluding carboxylic acids is 1. The molecule has 17 heavy (non-hydrogen) atoms. The van der Waals surface area contributed by atoms with E-state index in [1.54, 1.807) is 6.07 Å². The Hall–Kier alpha value is -2.09. The van der Waals surface area contributed by atoms with Gasteiger partial charge < -0.3 is 0 Å². The van der Waals surface area contributed by atoms with E-state index in [2.05, 4.69) is 10.4 Å². The maximum Gasteiger partial charge on any atom is 0.456 e. The number of fused-ring (bicyclic) bond motifs is 1. The highest BCUT2D eigenvalue weighted by Crippen LogP contribution is 2.25. The van der Waals surface area contributed by atoms with Crippen molar-refractivity contribution in [1.29, 1.82) is 0 Å². The second kappa shape index (κ2) is 3.74. The molecule has 0 fully saturated rings. The topological polar surface area (TPSA) is 72.4 Å². The second-order valence-electron chi connectivity index (χ2n) is 3.21. The van der Waals surface area contributed by atoms with Crippen molar-refractivity contribution in [1.82, 2.24) is 9.38 Å². The number of hydrogen-bond acceptors (Lipinski definition) is 4. The molecule has 0 unspecified atom stereocenters. The summed E-state index contributed by atoms with van der Waals surface area (Å²) in [6, 6.07) is 4.44. The lowest BCUT2D eigenvalue weighted by molar-refractivity contribution is -0.0886. The highest BCUT2D eigenvalue weighted by Gasteiger charge is 2.42. The van der Waals surface area contributed by atoms with Crippen molar-refractivity contribution in [2.75, 3.05) is 5.43 Å². The normalized spacial score (nSPS) is 11.8. The maximum atomic E-state index is 12.3. The van der Waals surface area contributed by atoms with Gasteiger partial charge in [0.1, 0.15) is 5.69 Å². The molecule has 0 aromatic carbocycles. The van der Waals surface area contributed by atoms with E-state index < -0.39 is 17.7 Å². The summed E-state index contributed by atoms with van der Waals surface area (Å²) in [5, 5.41) is 0. The first-order chi connectivity index (χ1) is 7.95. The molecule has 0 atom stereocenters. The van der Waals surface area contributed by atoms with Gasteiger partial charge in [-0.1, -0.05) is 6.07 Å². The fraction of sp³-hybridized carbons (Fsp3) is 0.111. The third-order valence-electron chi connectivity index (χ3n) is 2.15. The lowest BCUT2D eigenvalue weighted by atomic mass is 10.2. The number of ketones is 1. The Balaban J connectivity index is 2.67. The molecule has 2 aromatic rings. The number of imidazole rings is 1. The van der Waals surface area contributed by atoms with Crippen LogP contribution in [0.4, 0.5) is 19.1 Å². The SMILES string of the molecule is NNc1nc(C(=O)C(F)(F)F)c2ccccn12. The number of nitrogen functional groups attached to an aromatic ring is 1. The van der Waals surface area contributed by atoms with Gasteiger partial charge in [0.2, 0.25) is 5.95 Å². The van der Waals surface area contributed by atoms with Crippen LogP contribution in [0.5, 0.6) is 0 Å². The van der Waals surface area contributed by atoms with Gasteiger partial charge in [-0.3, -0.25) is 14.6 Å². The minimum Gasteiger partial charge on any atom is -0.293 e. The van der Waals surface area contributed by atoms with Gasteiger partial charge in [-0.2, -0.15) is 13.2 Å². The second-order valence-corrected chi connectivity index (χ2v) is 3.21. The molecular weight excluding hydrogens is 237 g/mol. The number of carbonyl (C=O) groups is 1. The van der Waals surface area contributed by atoms with E-state index in [1.807, 2.05) is 0 Å². The third-order valence-corrected chi connectivity index (χ3v) is 2.15. The molecule has 0 spiro atoms. The fourth-order valence-corrected chi connectivity index (χ4v) is 1.44. The average Bonchev–Trinajstić information content (AvgIpc) is 2.65. The molecule has 0 aliphatic carbocycles. The monoisotopic (exact) mass is 244 g/mol. The molecule has 2 aromatic heterocycles. The molecule has 2 heterocycles. The molecule has 0 bridgehead atoms. The summed E-state index contributed by atoms with van der Waals surface area (Å²) in [7, 11) is 0. The lowest BCUT2D eigenvalue weighted by Crippen LogP contribution is -2.23. The number of anilines is 1. The Morgan fingerprint density at radius 3 is 2.71 bits per heavy atom. The van der Waals surface area contributed by atoms with Gasteiger partial charge in [0.05, 0.1) is 5.52 Å². The van der Waals surface area contributed by atoms with Gasteiger partial charge in [-0.25, -0.2) is 10.8 Å². The van der Waals surface area contributed by atoms with E-state index in [1.165, 1.54) is 22.7 Å². The number of aromatic nitrogens is 2. The molecule has 3 N–H and O–H groups in total. The van der Waals surface area contributed by atoms with Gasteiger partial charge >= 0.3 is 6.18 Å². The third kappa shape index (κ3) is 1.82. The fourth-order valence-electron chi connectivity index (χ4n) is 1.44. The molecule has 8 heteroatoms. The van der Waals surface area contributed by atoms with Crippen LogP contribution < -0.4 is 11.3 Å². The highest BCUT2D eigenvalue weighted by molar-refractivity contribution is 6.04. The van der Waals surface area contributed by atoms with Crippen LogP contribution in [0.3, 0.4) is 0 Å². The van der Waals surface area contributed by atoms with Gasteiger partial charge in [0.15, 0.2) is 0 Å². The molecule has 0 aliphatic heterocycles. The molecule has 0 radical (unpaired) electrons. The summed E-state index contributed by atoms with van der Waals surface area (Å²) >= 11 is 0. The quantitative estimate of drug-likeness (QED) is 0.475. The van der Waals surface area contributed by atoms with Crippen molar-refractivity contribution in [3.8, 4) is 0 Å². The standard InChI is InChI=1S/C9H7F3N4O/c10-9(11,12)7(17)6-5-3-1-2-4-16(5)8(14-6)15-13/h1-4H,13H2,(H,14,15). The molecule has 0 saturated heterocycles. The van der Waals surface area contributed by atoms with E-state index in [0.29, 0.717) is 0 Å². The van der Waals surface area contributed by atoms with Gasteiger partial charge in [-0.05, 0) is 12.1 Å². The summed E-state index contributed by atoms with van der Waals surface area (Å²) in [5.41, 5.74) is 1.50. The lowest BCUT2D eigenvalue weighted by Gasteiger charge is -2.02. The van der Waals surface area contributed by atoms with Gasteiger partial charge in [0.25, 0.3) is 5.78 Å². The summed E-state index contributed by atoms with van der Waals surface area (Å²) in [6.07, 6.45) is -3.51. The number of rotatable bonds is 2. The zero-order valence-corrected chi connectivity index (χ0v) is 8.32. The van der Waals surface area contributed by atoms with Crippen molar-refractivity contribution in [2.45, 2.75) is 6.18 Å². The summed E-state index contributed by atoms with van der Waals surface area (Å²) in [5.74, 6) is 3.08. The van der Waals surface area contributed by atoms with Gasteiger partial charge in [0, 0.05) is 6.20 Å². The van der Waals surface area contributed by atoms with Crippen LogP contribution in [0.1, 0.15) is 10.5 Å². The Labute approximate surface area is 93.0 Å². The summed E-state index contributed by atoms with van der Waals surface area (Å²) in [6.45, 7) is 0. The van der Waals surface area contributed by atoms with Crippen LogP contribution in [-0.4, -0.2) is 21.3 Å². The van der Waals surface area contributed by atoms with Crippen molar-refractivity contribution in [3.63, 3.8) is 0 Å². The van der Waals surface area contributed by atoms with Gasteiger partial charge in [-0.15, -0.1) is 0 Å². The van der Waals surface area contributed by atoms with Crippen LogP contribution in [0.15, 0.2) is 24.4 Å². The number of nitrogens with one attached hydrogen (secondary N) is 1. The van der Waals surface area contributed by atoms with Crippen molar-refractivity contribution >= 4 is 17.2 Å². The Morgan fingerprint density at radius 2 is 2.12 bits per heavy atom. The minimum atomic E-state index is -4.96.